The maximum absolute atomic E-state index is 12.1. The lowest BCUT2D eigenvalue weighted by Crippen LogP contribution is -2.30. The van der Waals surface area contributed by atoms with Gasteiger partial charge in [0.2, 0.25) is 5.91 Å². The summed E-state index contributed by atoms with van der Waals surface area (Å²) in [6.45, 7) is 0.562. The highest BCUT2D eigenvalue weighted by molar-refractivity contribution is 9.10. The highest BCUT2D eigenvalue weighted by Crippen LogP contribution is 2.10. The molecule has 0 unspecified atom stereocenters. The van der Waals surface area contributed by atoms with Crippen molar-refractivity contribution in [2.45, 2.75) is 13.0 Å². The molecule has 0 fully saturated rings. The summed E-state index contributed by atoms with van der Waals surface area (Å²) < 4.78 is 2.44. The van der Waals surface area contributed by atoms with Crippen molar-refractivity contribution in [2.24, 2.45) is 0 Å². The van der Waals surface area contributed by atoms with E-state index < -0.39 is 0 Å². The zero-order chi connectivity index (χ0) is 19.1. The molecule has 2 aromatic heterocycles. The van der Waals surface area contributed by atoms with E-state index in [2.05, 4.69) is 41.6 Å². The summed E-state index contributed by atoms with van der Waals surface area (Å²) in [6, 6.07) is 10.7. The third-order valence-corrected chi connectivity index (χ3v) is 4.25. The zero-order valence-electron chi connectivity index (χ0n) is 14.3. The maximum atomic E-state index is 12.1. The minimum Gasteiger partial charge on any atom is -0.352 e. The standard InChI is InChI=1S/C18H17BrN6O2/c19-15-5-3-13(4-6-15)18(27)22-9-7-16(26)23-10-14-2-1-8-21-17(14)25-12-20-11-24-25/h1-6,8,11-12H,7,9-10H2,(H,22,27)(H,23,26). The molecule has 27 heavy (non-hydrogen) atoms. The van der Waals surface area contributed by atoms with E-state index in [4.69, 9.17) is 0 Å². The lowest BCUT2D eigenvalue weighted by atomic mass is 10.2. The number of amides is 2. The van der Waals surface area contributed by atoms with Crippen LogP contribution in [0.3, 0.4) is 0 Å². The van der Waals surface area contributed by atoms with Crippen LogP contribution in [0.2, 0.25) is 0 Å². The largest absolute Gasteiger partial charge is 0.352 e. The predicted octanol–water partition coefficient (Wildman–Crippen LogP) is 1.86. The van der Waals surface area contributed by atoms with Crippen LogP contribution in [-0.2, 0) is 11.3 Å². The van der Waals surface area contributed by atoms with Gasteiger partial charge in [-0.25, -0.2) is 14.6 Å². The number of nitrogens with zero attached hydrogens (tertiary/aromatic N) is 4. The molecule has 0 spiro atoms. The van der Waals surface area contributed by atoms with Crippen LogP contribution in [0.15, 0.2) is 59.7 Å². The molecule has 3 rings (SSSR count). The molecule has 0 saturated heterocycles. The van der Waals surface area contributed by atoms with Crippen molar-refractivity contribution >= 4 is 27.7 Å². The first-order valence-electron chi connectivity index (χ1n) is 8.23. The second kappa shape index (κ2) is 9.04. The van der Waals surface area contributed by atoms with Crippen molar-refractivity contribution in [3.05, 3.63) is 70.8 Å². The number of carbonyl (C=O) groups is 2. The summed E-state index contributed by atoms with van der Waals surface area (Å²) in [5.74, 6) is 0.231. The first-order valence-corrected chi connectivity index (χ1v) is 9.02. The monoisotopic (exact) mass is 428 g/mol. The number of benzene rings is 1. The van der Waals surface area contributed by atoms with Gasteiger partial charge in [0, 0.05) is 41.3 Å². The Morgan fingerprint density at radius 2 is 1.93 bits per heavy atom. The Morgan fingerprint density at radius 1 is 1.11 bits per heavy atom. The van der Waals surface area contributed by atoms with Crippen molar-refractivity contribution in [1.82, 2.24) is 30.4 Å². The Morgan fingerprint density at radius 3 is 2.67 bits per heavy atom. The summed E-state index contributed by atoms with van der Waals surface area (Å²) in [5, 5.41) is 9.61. The smallest absolute Gasteiger partial charge is 0.251 e. The zero-order valence-corrected chi connectivity index (χ0v) is 15.9. The van der Waals surface area contributed by atoms with E-state index >= 15 is 0 Å². The number of halogens is 1. The van der Waals surface area contributed by atoms with E-state index in [-0.39, 0.29) is 24.8 Å². The molecule has 2 N–H and O–H groups in total. The summed E-state index contributed by atoms with van der Waals surface area (Å²) in [6.07, 6.45) is 4.80. The van der Waals surface area contributed by atoms with Crippen molar-refractivity contribution in [3.8, 4) is 5.82 Å². The van der Waals surface area contributed by atoms with Crippen LogP contribution in [0.5, 0.6) is 0 Å². The fraction of sp³-hybridized carbons (Fsp3) is 0.167. The number of hydrogen-bond donors (Lipinski definition) is 2. The van der Waals surface area contributed by atoms with Crippen molar-refractivity contribution in [3.63, 3.8) is 0 Å². The number of aromatic nitrogens is 4. The minimum absolute atomic E-state index is 0.167. The Bertz CT molecular complexity index is 912. The van der Waals surface area contributed by atoms with E-state index in [9.17, 15) is 9.59 Å². The summed E-state index contributed by atoms with van der Waals surface area (Å²) in [4.78, 5) is 32.2. The molecular weight excluding hydrogens is 412 g/mol. The fourth-order valence-corrected chi connectivity index (χ4v) is 2.63. The second-order valence-corrected chi connectivity index (χ2v) is 6.53. The molecule has 8 nitrogen and oxygen atoms in total. The number of carbonyl (C=O) groups excluding carboxylic acids is 2. The summed E-state index contributed by atoms with van der Waals surface area (Å²) in [5.41, 5.74) is 1.36. The molecule has 0 bridgehead atoms. The van der Waals surface area contributed by atoms with Gasteiger partial charge in [-0.05, 0) is 30.3 Å². The molecule has 2 amide bonds. The van der Waals surface area contributed by atoms with Gasteiger partial charge in [0.1, 0.15) is 12.7 Å². The Balaban J connectivity index is 1.47. The number of nitrogens with one attached hydrogen (secondary N) is 2. The molecule has 0 aliphatic rings. The third kappa shape index (κ3) is 5.20. The lowest BCUT2D eigenvalue weighted by molar-refractivity contribution is -0.121. The lowest BCUT2D eigenvalue weighted by Gasteiger charge is -2.10. The summed E-state index contributed by atoms with van der Waals surface area (Å²) >= 11 is 3.32. The Kier molecular flexibility index (Phi) is 6.26. The van der Waals surface area contributed by atoms with E-state index in [1.54, 1.807) is 47.5 Å². The topological polar surface area (TPSA) is 102 Å². The van der Waals surface area contributed by atoms with Crippen LogP contribution in [0.1, 0.15) is 22.3 Å². The average molecular weight is 429 g/mol. The van der Waals surface area contributed by atoms with Gasteiger partial charge < -0.3 is 10.6 Å². The first-order chi connectivity index (χ1) is 13.1. The van der Waals surface area contributed by atoms with Gasteiger partial charge >= 0.3 is 0 Å². The van der Waals surface area contributed by atoms with Gasteiger partial charge in [0.25, 0.3) is 5.91 Å². The highest BCUT2D eigenvalue weighted by atomic mass is 79.9. The number of rotatable bonds is 7. The van der Waals surface area contributed by atoms with Crippen LogP contribution < -0.4 is 10.6 Å². The van der Waals surface area contributed by atoms with E-state index in [1.165, 1.54) is 6.33 Å². The molecule has 0 aliphatic heterocycles. The Labute approximate surface area is 164 Å². The number of hydrogen-bond acceptors (Lipinski definition) is 5. The molecule has 0 atom stereocenters. The minimum atomic E-state index is -0.212. The van der Waals surface area contributed by atoms with Crippen molar-refractivity contribution in [1.29, 1.82) is 0 Å². The fourth-order valence-electron chi connectivity index (χ4n) is 2.37. The van der Waals surface area contributed by atoms with E-state index in [1.807, 2.05) is 6.07 Å². The molecule has 0 aliphatic carbocycles. The van der Waals surface area contributed by atoms with Gasteiger partial charge in [-0.3, -0.25) is 9.59 Å². The molecular formula is C18H17BrN6O2. The van der Waals surface area contributed by atoms with Gasteiger partial charge in [-0.15, -0.1) is 0 Å². The third-order valence-electron chi connectivity index (χ3n) is 3.72. The molecule has 2 heterocycles. The SMILES string of the molecule is O=C(CCNC(=O)c1ccc(Br)cc1)NCc1cccnc1-n1cncn1. The van der Waals surface area contributed by atoms with Crippen LogP contribution in [-0.4, -0.2) is 38.1 Å². The molecule has 1 aromatic carbocycles. The van der Waals surface area contributed by atoms with Gasteiger partial charge in [-0.2, -0.15) is 5.10 Å². The maximum Gasteiger partial charge on any atom is 0.251 e. The summed E-state index contributed by atoms with van der Waals surface area (Å²) in [7, 11) is 0. The van der Waals surface area contributed by atoms with Crippen molar-refractivity contribution in [2.75, 3.05) is 6.54 Å². The Hall–Kier alpha value is -3.07. The molecule has 9 heteroatoms. The predicted molar refractivity (Wildman–Crippen MR) is 102 cm³/mol. The van der Waals surface area contributed by atoms with E-state index in [0.29, 0.717) is 17.9 Å². The average Bonchev–Trinajstić information content (AvgIpc) is 3.21. The highest BCUT2D eigenvalue weighted by Gasteiger charge is 2.09. The molecule has 3 aromatic rings. The van der Waals surface area contributed by atoms with Gasteiger partial charge in [0.05, 0.1) is 0 Å². The normalized spacial score (nSPS) is 10.4. The van der Waals surface area contributed by atoms with Crippen LogP contribution in [0, 0.1) is 0 Å². The number of pyridine rings is 1. The van der Waals surface area contributed by atoms with Gasteiger partial charge in [0.15, 0.2) is 5.82 Å². The molecule has 0 saturated carbocycles. The van der Waals surface area contributed by atoms with Crippen LogP contribution in [0.4, 0.5) is 0 Å². The van der Waals surface area contributed by atoms with E-state index in [0.717, 1.165) is 10.0 Å². The van der Waals surface area contributed by atoms with Crippen LogP contribution in [0.25, 0.3) is 5.82 Å². The second-order valence-electron chi connectivity index (χ2n) is 5.62. The van der Waals surface area contributed by atoms with Crippen LogP contribution >= 0.6 is 15.9 Å². The molecule has 138 valence electrons. The quantitative estimate of drug-likeness (QED) is 0.597. The first kappa shape index (κ1) is 18.7. The van der Waals surface area contributed by atoms with Crippen molar-refractivity contribution < 1.29 is 9.59 Å². The van der Waals surface area contributed by atoms with Gasteiger partial charge in [-0.1, -0.05) is 22.0 Å². The molecule has 0 radical (unpaired) electrons.